The molecule has 0 saturated carbocycles. The number of ether oxygens (including phenoxy) is 2. The van der Waals surface area contributed by atoms with Gasteiger partial charge in [-0.05, 0) is 20.8 Å². The number of hydrogen-bond donors (Lipinski definition) is 1. The lowest BCUT2D eigenvalue weighted by Gasteiger charge is -2.38. The van der Waals surface area contributed by atoms with Gasteiger partial charge in [-0.1, -0.05) is 0 Å². The molecule has 3 rings (SSSR count). The van der Waals surface area contributed by atoms with Gasteiger partial charge in [-0.15, -0.1) is 11.3 Å². The monoisotopic (exact) mass is 391 g/mol. The van der Waals surface area contributed by atoms with Crippen molar-refractivity contribution in [2.75, 3.05) is 32.9 Å². The third-order valence-corrected chi connectivity index (χ3v) is 5.38. The van der Waals surface area contributed by atoms with Crippen molar-refractivity contribution in [3.05, 3.63) is 23.6 Å². The van der Waals surface area contributed by atoms with Gasteiger partial charge in [0, 0.05) is 31.4 Å². The number of nitrogens with zero attached hydrogens (tertiary/aromatic N) is 4. The molecule has 2 aromatic heterocycles. The van der Waals surface area contributed by atoms with Gasteiger partial charge in [0.1, 0.15) is 5.69 Å². The smallest absolute Gasteiger partial charge is 0.280 e. The summed E-state index contributed by atoms with van der Waals surface area (Å²) in [6, 6.07) is 0.710. The lowest BCUT2D eigenvalue weighted by Crippen LogP contribution is -2.51. The highest BCUT2D eigenvalue weighted by Crippen LogP contribution is 2.25. The molecule has 1 N–H and O–H groups in total. The molecule has 1 fully saturated rings. The number of rotatable bonds is 7. The molecule has 1 amide bonds. The average molecular weight is 391 g/mol. The van der Waals surface area contributed by atoms with E-state index < -0.39 is 0 Å². The minimum absolute atomic E-state index is 0.172. The van der Waals surface area contributed by atoms with E-state index in [4.69, 9.17) is 9.47 Å². The molecule has 2 atom stereocenters. The Morgan fingerprint density at radius 2 is 2.11 bits per heavy atom. The van der Waals surface area contributed by atoms with Gasteiger partial charge in [-0.3, -0.25) is 14.7 Å². The van der Waals surface area contributed by atoms with Crippen molar-refractivity contribution in [2.45, 2.75) is 32.9 Å². The summed E-state index contributed by atoms with van der Waals surface area (Å²) >= 11 is 1.29. The summed E-state index contributed by atoms with van der Waals surface area (Å²) in [6.45, 7) is 9.52. The molecule has 0 unspecified atom stereocenters. The number of aromatic nitrogens is 3. The molecule has 3 heterocycles. The fourth-order valence-electron chi connectivity index (χ4n) is 3.03. The van der Waals surface area contributed by atoms with Crippen molar-refractivity contribution in [3.8, 4) is 16.5 Å². The van der Waals surface area contributed by atoms with Crippen LogP contribution in [0, 0.1) is 0 Å². The van der Waals surface area contributed by atoms with Gasteiger partial charge in [0.2, 0.25) is 5.88 Å². The molecule has 0 aliphatic carbocycles. The fourth-order valence-corrected chi connectivity index (χ4v) is 3.82. The minimum atomic E-state index is -0.172. The standard InChI is InChI=1S/C18H25N5O3S/c1-4-26-16-9-19-7-14(22-16)15-8-21-18(27-15)17(24)20-5-6-23-12(2)10-25-11-13(23)3/h7-9,12-13H,4-6,10-11H2,1-3H3,(H,20,24)/t12-,13+. The second-order valence-electron chi connectivity index (χ2n) is 6.43. The maximum atomic E-state index is 12.4. The minimum Gasteiger partial charge on any atom is -0.477 e. The van der Waals surface area contributed by atoms with Gasteiger partial charge in [-0.2, -0.15) is 0 Å². The predicted molar refractivity (Wildman–Crippen MR) is 103 cm³/mol. The first-order valence-electron chi connectivity index (χ1n) is 9.11. The average Bonchev–Trinajstić information content (AvgIpc) is 3.15. The van der Waals surface area contributed by atoms with Crippen molar-refractivity contribution in [3.63, 3.8) is 0 Å². The fraction of sp³-hybridized carbons (Fsp3) is 0.556. The largest absolute Gasteiger partial charge is 0.477 e. The molecule has 1 saturated heterocycles. The zero-order chi connectivity index (χ0) is 19.2. The van der Waals surface area contributed by atoms with E-state index in [9.17, 15) is 4.79 Å². The third-order valence-electron chi connectivity index (χ3n) is 4.36. The van der Waals surface area contributed by atoms with E-state index in [-0.39, 0.29) is 5.91 Å². The van der Waals surface area contributed by atoms with Crippen molar-refractivity contribution < 1.29 is 14.3 Å². The summed E-state index contributed by atoms with van der Waals surface area (Å²) in [6.07, 6.45) is 4.85. The van der Waals surface area contributed by atoms with Crippen LogP contribution in [-0.4, -0.2) is 70.8 Å². The van der Waals surface area contributed by atoms with Crippen LogP contribution in [-0.2, 0) is 4.74 Å². The molecule has 0 aromatic carbocycles. The van der Waals surface area contributed by atoms with Gasteiger partial charge < -0.3 is 14.8 Å². The van der Waals surface area contributed by atoms with Gasteiger partial charge in [0.25, 0.3) is 5.91 Å². The quantitative estimate of drug-likeness (QED) is 0.770. The third kappa shape index (κ3) is 5.00. The molecule has 9 heteroatoms. The van der Waals surface area contributed by atoms with Crippen molar-refractivity contribution in [2.24, 2.45) is 0 Å². The number of carbonyl (C=O) groups is 1. The van der Waals surface area contributed by atoms with E-state index in [0.717, 1.165) is 24.6 Å². The molecule has 0 spiro atoms. The van der Waals surface area contributed by atoms with Crippen LogP contribution in [0.1, 0.15) is 30.6 Å². The van der Waals surface area contributed by atoms with Crippen LogP contribution in [0.5, 0.6) is 5.88 Å². The van der Waals surface area contributed by atoms with Gasteiger partial charge in [0.15, 0.2) is 5.01 Å². The Balaban J connectivity index is 1.56. The van der Waals surface area contributed by atoms with E-state index in [1.807, 2.05) is 6.92 Å². The van der Waals surface area contributed by atoms with Crippen molar-refractivity contribution in [1.82, 2.24) is 25.2 Å². The van der Waals surface area contributed by atoms with Gasteiger partial charge in [0.05, 0.1) is 37.1 Å². The Hall–Kier alpha value is -2.10. The summed E-state index contributed by atoms with van der Waals surface area (Å²) in [4.78, 5) is 28.3. The maximum Gasteiger partial charge on any atom is 0.280 e. The molecule has 2 aromatic rings. The normalized spacial score (nSPS) is 20.4. The van der Waals surface area contributed by atoms with Crippen molar-refractivity contribution in [1.29, 1.82) is 0 Å². The lowest BCUT2D eigenvalue weighted by atomic mass is 10.2. The van der Waals surface area contributed by atoms with Crippen LogP contribution in [0.15, 0.2) is 18.6 Å². The summed E-state index contributed by atoms with van der Waals surface area (Å²) < 4.78 is 10.9. The molecular formula is C18H25N5O3S. The molecule has 0 radical (unpaired) electrons. The predicted octanol–water partition coefficient (Wildman–Crippen LogP) is 1.84. The Bertz CT molecular complexity index is 759. The first-order valence-corrected chi connectivity index (χ1v) is 9.92. The highest BCUT2D eigenvalue weighted by Gasteiger charge is 2.25. The van der Waals surface area contributed by atoms with Crippen LogP contribution in [0.2, 0.25) is 0 Å². The second-order valence-corrected chi connectivity index (χ2v) is 7.47. The highest BCUT2D eigenvalue weighted by atomic mass is 32.1. The summed E-state index contributed by atoms with van der Waals surface area (Å²) in [5, 5.41) is 3.36. The molecule has 0 bridgehead atoms. The van der Waals surface area contributed by atoms with Crippen LogP contribution in [0.25, 0.3) is 10.6 Å². The number of hydrogen-bond acceptors (Lipinski definition) is 8. The van der Waals surface area contributed by atoms with E-state index in [1.54, 1.807) is 18.6 Å². The zero-order valence-electron chi connectivity index (χ0n) is 15.8. The van der Waals surface area contributed by atoms with Crippen LogP contribution in [0.3, 0.4) is 0 Å². The molecule has 146 valence electrons. The number of amides is 1. The zero-order valence-corrected chi connectivity index (χ0v) is 16.7. The topological polar surface area (TPSA) is 89.5 Å². The summed E-state index contributed by atoms with van der Waals surface area (Å²) in [7, 11) is 0. The second kappa shape index (κ2) is 9.20. The number of carbonyl (C=O) groups excluding carboxylic acids is 1. The maximum absolute atomic E-state index is 12.4. The molecular weight excluding hydrogens is 366 g/mol. The summed E-state index contributed by atoms with van der Waals surface area (Å²) in [5.74, 6) is 0.289. The van der Waals surface area contributed by atoms with Crippen LogP contribution >= 0.6 is 11.3 Å². The Morgan fingerprint density at radius 3 is 2.85 bits per heavy atom. The van der Waals surface area contributed by atoms with E-state index in [0.29, 0.717) is 41.8 Å². The van der Waals surface area contributed by atoms with Gasteiger partial charge >= 0.3 is 0 Å². The molecule has 8 nitrogen and oxygen atoms in total. The lowest BCUT2D eigenvalue weighted by molar-refractivity contribution is -0.0355. The molecule has 1 aliphatic heterocycles. The first kappa shape index (κ1) is 19.7. The van der Waals surface area contributed by atoms with Crippen LogP contribution in [0.4, 0.5) is 0 Å². The summed E-state index contributed by atoms with van der Waals surface area (Å²) in [5.41, 5.74) is 0.647. The molecule has 27 heavy (non-hydrogen) atoms. The first-order chi connectivity index (χ1) is 13.1. The van der Waals surface area contributed by atoms with E-state index >= 15 is 0 Å². The Kier molecular flexibility index (Phi) is 6.70. The molecule has 1 aliphatic rings. The van der Waals surface area contributed by atoms with E-state index in [2.05, 4.69) is 39.0 Å². The van der Waals surface area contributed by atoms with Crippen molar-refractivity contribution >= 4 is 17.2 Å². The number of nitrogens with one attached hydrogen (secondary N) is 1. The Morgan fingerprint density at radius 1 is 1.33 bits per heavy atom. The number of thiazole rings is 1. The SMILES string of the molecule is CCOc1cncc(-c2cnc(C(=O)NCCN3[C@H](C)COC[C@@H]3C)s2)n1. The highest BCUT2D eigenvalue weighted by molar-refractivity contribution is 7.16. The van der Waals surface area contributed by atoms with Gasteiger partial charge in [-0.25, -0.2) is 9.97 Å². The van der Waals surface area contributed by atoms with E-state index in [1.165, 1.54) is 11.3 Å². The van der Waals surface area contributed by atoms with Crippen LogP contribution < -0.4 is 10.1 Å². The number of morpholine rings is 1. The Labute approximate surface area is 162 Å².